The first kappa shape index (κ1) is 10.5. The first-order chi connectivity index (χ1) is 6.69. The molecule has 0 unspecified atom stereocenters. The van der Waals surface area contributed by atoms with E-state index in [-0.39, 0.29) is 0 Å². The number of hydrogen-bond acceptors (Lipinski definition) is 4. The van der Waals surface area contributed by atoms with Crippen LogP contribution in [-0.2, 0) is 16.1 Å². The van der Waals surface area contributed by atoms with Gasteiger partial charge in [-0.2, -0.15) is 0 Å². The maximum Gasteiger partial charge on any atom is 0.339 e. The number of rotatable bonds is 3. The number of carbonyl (C=O) groups excluding carboxylic acids is 1. The van der Waals surface area contributed by atoms with Gasteiger partial charge in [0.25, 0.3) is 0 Å². The Morgan fingerprint density at radius 1 is 1.43 bits per heavy atom. The lowest BCUT2D eigenvalue weighted by Gasteiger charge is -2.06. The quantitative estimate of drug-likeness (QED) is 0.581. The van der Waals surface area contributed by atoms with E-state index in [9.17, 15) is 4.79 Å². The van der Waals surface area contributed by atoms with Gasteiger partial charge in [-0.05, 0) is 17.7 Å². The summed E-state index contributed by atoms with van der Waals surface area (Å²) in [5.74, 6) is -0.430. The predicted molar refractivity (Wildman–Crippen MR) is 52.9 cm³/mol. The third kappa shape index (κ3) is 2.23. The van der Waals surface area contributed by atoms with Crippen LogP contribution in [0.2, 0.25) is 0 Å². The lowest BCUT2D eigenvalue weighted by molar-refractivity contribution is 0.0601. The molecule has 1 aromatic rings. The SMILES string of the molecule is COCc1ccc(N)c(C(=O)OC)c1. The van der Waals surface area contributed by atoms with Crippen LogP contribution in [-0.4, -0.2) is 20.2 Å². The monoisotopic (exact) mass is 195 g/mol. The third-order valence-electron chi connectivity index (χ3n) is 1.83. The molecule has 0 saturated heterocycles. The highest BCUT2D eigenvalue weighted by molar-refractivity contribution is 5.95. The fourth-order valence-corrected chi connectivity index (χ4v) is 1.15. The van der Waals surface area contributed by atoms with E-state index in [1.165, 1.54) is 7.11 Å². The second kappa shape index (κ2) is 4.62. The van der Waals surface area contributed by atoms with E-state index in [4.69, 9.17) is 10.5 Å². The summed E-state index contributed by atoms with van der Waals surface area (Å²) in [6.45, 7) is 0.449. The number of ether oxygens (including phenoxy) is 2. The van der Waals surface area contributed by atoms with Crippen molar-refractivity contribution in [3.63, 3.8) is 0 Å². The van der Waals surface area contributed by atoms with Crippen molar-refractivity contribution in [1.82, 2.24) is 0 Å². The molecule has 0 aliphatic rings. The predicted octanol–water partition coefficient (Wildman–Crippen LogP) is 1.20. The Morgan fingerprint density at radius 3 is 2.71 bits per heavy atom. The molecule has 0 aliphatic carbocycles. The minimum Gasteiger partial charge on any atom is -0.465 e. The van der Waals surface area contributed by atoms with Crippen molar-refractivity contribution < 1.29 is 14.3 Å². The summed E-state index contributed by atoms with van der Waals surface area (Å²) >= 11 is 0. The van der Waals surface area contributed by atoms with Crippen molar-refractivity contribution in [1.29, 1.82) is 0 Å². The lowest BCUT2D eigenvalue weighted by Crippen LogP contribution is -2.06. The molecule has 0 fully saturated rings. The molecule has 4 nitrogen and oxygen atoms in total. The van der Waals surface area contributed by atoms with Gasteiger partial charge >= 0.3 is 5.97 Å². The number of carbonyl (C=O) groups is 1. The van der Waals surface area contributed by atoms with Gasteiger partial charge in [0.2, 0.25) is 0 Å². The minimum absolute atomic E-state index is 0.377. The van der Waals surface area contributed by atoms with Gasteiger partial charge in [0.05, 0.1) is 19.3 Å². The molecule has 0 spiro atoms. The Labute approximate surface area is 82.6 Å². The minimum atomic E-state index is -0.430. The van der Waals surface area contributed by atoms with Crippen molar-refractivity contribution in [3.8, 4) is 0 Å². The van der Waals surface area contributed by atoms with Gasteiger partial charge in [-0.25, -0.2) is 4.79 Å². The Bertz CT molecular complexity index is 336. The van der Waals surface area contributed by atoms with Gasteiger partial charge in [0.1, 0.15) is 0 Å². The van der Waals surface area contributed by atoms with Crippen LogP contribution in [0.25, 0.3) is 0 Å². The van der Waals surface area contributed by atoms with Gasteiger partial charge in [-0.15, -0.1) is 0 Å². The van der Waals surface area contributed by atoms with E-state index in [1.807, 2.05) is 6.07 Å². The zero-order valence-corrected chi connectivity index (χ0v) is 8.24. The fourth-order valence-electron chi connectivity index (χ4n) is 1.15. The molecule has 1 aromatic carbocycles. The van der Waals surface area contributed by atoms with Crippen molar-refractivity contribution in [2.24, 2.45) is 0 Å². The standard InChI is InChI=1S/C10H13NO3/c1-13-6-7-3-4-9(11)8(5-7)10(12)14-2/h3-5H,6,11H2,1-2H3. The zero-order valence-electron chi connectivity index (χ0n) is 8.24. The first-order valence-corrected chi connectivity index (χ1v) is 4.14. The Kier molecular flexibility index (Phi) is 3.48. The molecule has 4 heteroatoms. The van der Waals surface area contributed by atoms with Crippen molar-refractivity contribution in [2.75, 3.05) is 20.0 Å². The average molecular weight is 195 g/mol. The van der Waals surface area contributed by atoms with E-state index < -0.39 is 5.97 Å². The van der Waals surface area contributed by atoms with Gasteiger partial charge in [0.15, 0.2) is 0 Å². The van der Waals surface area contributed by atoms with Crippen LogP contribution in [0.5, 0.6) is 0 Å². The summed E-state index contributed by atoms with van der Waals surface area (Å²) in [6.07, 6.45) is 0. The number of nitrogen functional groups attached to an aromatic ring is 1. The zero-order chi connectivity index (χ0) is 10.6. The average Bonchev–Trinajstić information content (AvgIpc) is 2.20. The molecular weight excluding hydrogens is 182 g/mol. The molecule has 0 aliphatic heterocycles. The highest BCUT2D eigenvalue weighted by atomic mass is 16.5. The number of hydrogen-bond donors (Lipinski definition) is 1. The topological polar surface area (TPSA) is 61.5 Å². The first-order valence-electron chi connectivity index (χ1n) is 4.14. The Hall–Kier alpha value is -1.55. The summed E-state index contributed by atoms with van der Waals surface area (Å²) in [6, 6.07) is 5.15. The van der Waals surface area contributed by atoms with Crippen LogP contribution < -0.4 is 5.73 Å². The van der Waals surface area contributed by atoms with Gasteiger partial charge < -0.3 is 15.2 Å². The summed E-state index contributed by atoms with van der Waals surface area (Å²) in [5.41, 5.74) is 7.30. The number of esters is 1. The molecule has 14 heavy (non-hydrogen) atoms. The summed E-state index contributed by atoms with van der Waals surface area (Å²) < 4.78 is 9.53. The molecule has 0 aromatic heterocycles. The number of benzene rings is 1. The molecule has 0 heterocycles. The molecule has 0 atom stereocenters. The smallest absolute Gasteiger partial charge is 0.339 e. The Balaban J connectivity index is 3.01. The van der Waals surface area contributed by atoms with Crippen LogP contribution >= 0.6 is 0 Å². The molecule has 0 saturated carbocycles. The van der Waals surface area contributed by atoms with E-state index in [1.54, 1.807) is 19.2 Å². The molecular formula is C10H13NO3. The molecule has 0 amide bonds. The van der Waals surface area contributed by atoms with Crippen LogP contribution in [0.4, 0.5) is 5.69 Å². The van der Waals surface area contributed by atoms with Crippen molar-refractivity contribution >= 4 is 11.7 Å². The van der Waals surface area contributed by atoms with E-state index in [2.05, 4.69) is 4.74 Å². The van der Waals surface area contributed by atoms with Gasteiger partial charge in [0, 0.05) is 12.8 Å². The molecule has 0 bridgehead atoms. The number of nitrogens with two attached hydrogens (primary N) is 1. The second-order valence-electron chi connectivity index (χ2n) is 2.85. The molecule has 1 rings (SSSR count). The van der Waals surface area contributed by atoms with Crippen molar-refractivity contribution in [3.05, 3.63) is 29.3 Å². The van der Waals surface area contributed by atoms with Crippen LogP contribution in [0, 0.1) is 0 Å². The largest absolute Gasteiger partial charge is 0.465 e. The van der Waals surface area contributed by atoms with Crippen LogP contribution in [0.3, 0.4) is 0 Å². The van der Waals surface area contributed by atoms with Crippen LogP contribution in [0.1, 0.15) is 15.9 Å². The van der Waals surface area contributed by atoms with Gasteiger partial charge in [-0.3, -0.25) is 0 Å². The maximum absolute atomic E-state index is 11.2. The highest BCUT2D eigenvalue weighted by Crippen LogP contribution is 2.15. The summed E-state index contributed by atoms with van der Waals surface area (Å²) in [7, 11) is 2.92. The maximum atomic E-state index is 11.2. The third-order valence-corrected chi connectivity index (χ3v) is 1.83. The Morgan fingerprint density at radius 2 is 2.14 bits per heavy atom. The summed E-state index contributed by atoms with van der Waals surface area (Å²) in [4.78, 5) is 11.2. The van der Waals surface area contributed by atoms with E-state index in [0.29, 0.717) is 17.9 Å². The van der Waals surface area contributed by atoms with Gasteiger partial charge in [-0.1, -0.05) is 6.07 Å². The lowest BCUT2D eigenvalue weighted by atomic mass is 10.1. The highest BCUT2D eigenvalue weighted by Gasteiger charge is 2.10. The van der Waals surface area contributed by atoms with E-state index >= 15 is 0 Å². The molecule has 0 radical (unpaired) electrons. The van der Waals surface area contributed by atoms with Crippen LogP contribution in [0.15, 0.2) is 18.2 Å². The second-order valence-corrected chi connectivity index (χ2v) is 2.85. The summed E-state index contributed by atoms with van der Waals surface area (Å²) in [5, 5.41) is 0. The number of methoxy groups -OCH3 is 2. The molecule has 2 N–H and O–H groups in total. The van der Waals surface area contributed by atoms with E-state index in [0.717, 1.165) is 5.56 Å². The normalized spacial score (nSPS) is 9.86. The fraction of sp³-hybridized carbons (Fsp3) is 0.300. The number of anilines is 1. The van der Waals surface area contributed by atoms with Crippen molar-refractivity contribution in [2.45, 2.75) is 6.61 Å². The molecule has 76 valence electrons.